The molecule has 13 heavy (non-hydrogen) atoms. The van der Waals surface area contributed by atoms with E-state index in [0.29, 0.717) is 11.5 Å². The van der Waals surface area contributed by atoms with E-state index in [9.17, 15) is 0 Å². The molecule has 0 unspecified atom stereocenters. The molecule has 2 heterocycles. The van der Waals surface area contributed by atoms with Gasteiger partial charge in [0.2, 0.25) is 11.8 Å². The lowest BCUT2D eigenvalue weighted by atomic mass is 10.4. The van der Waals surface area contributed by atoms with Gasteiger partial charge in [-0.2, -0.15) is 5.10 Å². The van der Waals surface area contributed by atoms with E-state index in [2.05, 4.69) is 15.3 Å². The summed E-state index contributed by atoms with van der Waals surface area (Å²) in [6.45, 7) is 0. The maximum absolute atomic E-state index is 5.56. The molecule has 0 spiro atoms. The molecule has 4 N–H and O–H groups in total. The van der Waals surface area contributed by atoms with Crippen LogP contribution >= 0.6 is 0 Å². The Balaban J connectivity index is 2.52. The van der Waals surface area contributed by atoms with Crippen molar-refractivity contribution in [3.63, 3.8) is 0 Å². The van der Waals surface area contributed by atoms with Crippen LogP contribution in [0.2, 0.25) is 0 Å². The monoisotopic (exact) mass is 179 g/mol. The number of aromatic nitrogens is 5. The molecule has 2 aromatic heterocycles. The van der Waals surface area contributed by atoms with Crippen molar-refractivity contribution in [1.29, 1.82) is 0 Å². The fourth-order valence-corrected chi connectivity index (χ4v) is 1.01. The van der Waals surface area contributed by atoms with Gasteiger partial charge in [0.15, 0.2) is 0 Å². The minimum atomic E-state index is 0.167. The molecule has 0 bridgehead atoms. The molecule has 0 aliphatic rings. The molecule has 0 aromatic carbocycles. The second kappa shape index (κ2) is 2.47. The van der Waals surface area contributed by atoms with Crippen LogP contribution in [-0.4, -0.2) is 24.7 Å². The van der Waals surface area contributed by atoms with Crippen molar-refractivity contribution < 1.29 is 0 Å². The summed E-state index contributed by atoms with van der Waals surface area (Å²) in [5.74, 6) is 6.19. The van der Waals surface area contributed by atoms with Gasteiger partial charge in [-0.3, -0.25) is 4.68 Å². The van der Waals surface area contributed by atoms with Gasteiger partial charge < -0.3 is 11.6 Å². The lowest BCUT2D eigenvalue weighted by Crippen LogP contribution is -2.13. The number of anilines is 1. The summed E-state index contributed by atoms with van der Waals surface area (Å²) >= 11 is 0. The van der Waals surface area contributed by atoms with Gasteiger partial charge in [-0.05, 0) is 6.07 Å². The number of hydrogen-bond donors (Lipinski definition) is 2. The first-order valence-corrected chi connectivity index (χ1v) is 3.64. The molecule has 0 fully saturated rings. The van der Waals surface area contributed by atoms with E-state index in [4.69, 9.17) is 11.6 Å². The highest BCUT2D eigenvalue weighted by atomic mass is 15.5. The minimum Gasteiger partial charge on any atom is -0.366 e. The lowest BCUT2D eigenvalue weighted by molar-refractivity contribution is 0.767. The Hall–Kier alpha value is -2.05. The highest BCUT2D eigenvalue weighted by molar-refractivity contribution is 5.50. The summed E-state index contributed by atoms with van der Waals surface area (Å²) in [7, 11) is 1.81. The second-order valence-corrected chi connectivity index (χ2v) is 2.63. The summed E-state index contributed by atoms with van der Waals surface area (Å²) < 4.78 is 2.85. The van der Waals surface area contributed by atoms with E-state index in [1.165, 1.54) is 4.68 Å². The molecule has 0 saturated carbocycles. The van der Waals surface area contributed by atoms with Crippen LogP contribution in [0.4, 0.5) is 5.95 Å². The number of hydrogen-bond acceptors (Lipinski definition) is 5. The molecule has 0 saturated heterocycles. The van der Waals surface area contributed by atoms with Crippen LogP contribution in [0, 0.1) is 0 Å². The third kappa shape index (κ3) is 1.10. The zero-order chi connectivity index (χ0) is 9.42. The Kier molecular flexibility index (Phi) is 1.44. The van der Waals surface area contributed by atoms with Gasteiger partial charge in [0.05, 0.1) is 0 Å². The number of aryl methyl sites for hydroxylation is 1. The first kappa shape index (κ1) is 7.59. The van der Waals surface area contributed by atoms with Crippen LogP contribution < -0.4 is 11.6 Å². The Morgan fingerprint density at radius 3 is 2.62 bits per heavy atom. The smallest absolute Gasteiger partial charge is 0.241 e. The maximum Gasteiger partial charge on any atom is 0.241 e. The van der Waals surface area contributed by atoms with E-state index in [1.54, 1.807) is 16.9 Å². The zero-order valence-corrected chi connectivity index (χ0v) is 7.05. The standard InChI is InChI=1S/C6H9N7/c1-12-3-2-4(11-12)5-9-10-6(7)13(5)8/h2-3H,8H2,1H3,(H2,7,10). The summed E-state index contributed by atoms with van der Waals surface area (Å²) in [4.78, 5) is 0. The molecule has 2 rings (SSSR count). The van der Waals surface area contributed by atoms with Gasteiger partial charge in [0, 0.05) is 13.2 Å². The van der Waals surface area contributed by atoms with Crippen molar-refractivity contribution >= 4 is 5.95 Å². The van der Waals surface area contributed by atoms with E-state index >= 15 is 0 Å². The maximum atomic E-state index is 5.56. The van der Waals surface area contributed by atoms with E-state index in [-0.39, 0.29) is 5.95 Å². The summed E-state index contributed by atoms with van der Waals surface area (Å²) in [6.07, 6.45) is 1.79. The molecule has 2 aromatic rings. The number of rotatable bonds is 1. The molecular weight excluding hydrogens is 170 g/mol. The van der Waals surface area contributed by atoms with E-state index in [1.807, 2.05) is 7.05 Å². The molecule has 0 radical (unpaired) electrons. The summed E-state index contributed by atoms with van der Waals surface area (Å²) in [6, 6.07) is 1.78. The average molecular weight is 179 g/mol. The van der Waals surface area contributed by atoms with Crippen LogP contribution in [0.1, 0.15) is 0 Å². The van der Waals surface area contributed by atoms with Gasteiger partial charge in [0.25, 0.3) is 0 Å². The Morgan fingerprint density at radius 1 is 1.38 bits per heavy atom. The molecule has 68 valence electrons. The zero-order valence-electron chi connectivity index (χ0n) is 7.05. The topological polar surface area (TPSA) is 101 Å². The molecule has 0 aliphatic carbocycles. The fraction of sp³-hybridized carbons (Fsp3) is 0.167. The first-order valence-electron chi connectivity index (χ1n) is 3.64. The average Bonchev–Trinajstić information content (AvgIpc) is 2.62. The van der Waals surface area contributed by atoms with Crippen molar-refractivity contribution in [2.24, 2.45) is 7.05 Å². The third-order valence-corrected chi connectivity index (χ3v) is 1.66. The van der Waals surface area contributed by atoms with Gasteiger partial charge in [-0.15, -0.1) is 10.2 Å². The molecule has 7 nitrogen and oxygen atoms in total. The molecule has 0 amide bonds. The largest absolute Gasteiger partial charge is 0.366 e. The van der Waals surface area contributed by atoms with Gasteiger partial charge in [-0.1, -0.05) is 0 Å². The minimum absolute atomic E-state index is 0.167. The lowest BCUT2D eigenvalue weighted by Gasteiger charge is -1.96. The normalized spacial score (nSPS) is 10.5. The molecule has 7 heteroatoms. The van der Waals surface area contributed by atoms with Crippen molar-refractivity contribution in [2.45, 2.75) is 0 Å². The van der Waals surface area contributed by atoms with Crippen molar-refractivity contribution in [3.05, 3.63) is 12.3 Å². The Labute approximate surface area is 73.9 Å². The van der Waals surface area contributed by atoms with Crippen LogP contribution in [0.25, 0.3) is 11.5 Å². The molecular formula is C6H9N7. The summed E-state index contributed by atoms with van der Waals surface area (Å²) in [5.41, 5.74) is 6.06. The quantitative estimate of drug-likeness (QED) is 0.545. The van der Waals surface area contributed by atoms with E-state index in [0.717, 1.165) is 0 Å². The first-order chi connectivity index (χ1) is 6.18. The van der Waals surface area contributed by atoms with Gasteiger partial charge >= 0.3 is 0 Å². The van der Waals surface area contributed by atoms with Crippen molar-refractivity contribution in [3.8, 4) is 11.5 Å². The van der Waals surface area contributed by atoms with Gasteiger partial charge in [-0.25, -0.2) is 4.68 Å². The SMILES string of the molecule is Cn1ccc(-c2nnc(N)n2N)n1. The summed E-state index contributed by atoms with van der Waals surface area (Å²) in [5, 5.41) is 11.5. The second-order valence-electron chi connectivity index (χ2n) is 2.63. The highest BCUT2D eigenvalue weighted by Crippen LogP contribution is 2.13. The predicted octanol–water partition coefficient (Wildman–Crippen LogP) is -1.03. The van der Waals surface area contributed by atoms with E-state index < -0.39 is 0 Å². The third-order valence-electron chi connectivity index (χ3n) is 1.66. The Morgan fingerprint density at radius 2 is 2.15 bits per heavy atom. The fourth-order valence-electron chi connectivity index (χ4n) is 1.01. The number of nitrogens with two attached hydrogens (primary N) is 2. The molecule has 0 aliphatic heterocycles. The van der Waals surface area contributed by atoms with Crippen LogP contribution in [0.3, 0.4) is 0 Å². The van der Waals surface area contributed by atoms with Crippen LogP contribution in [0.15, 0.2) is 12.3 Å². The highest BCUT2D eigenvalue weighted by Gasteiger charge is 2.10. The molecule has 0 atom stereocenters. The van der Waals surface area contributed by atoms with Gasteiger partial charge in [0.1, 0.15) is 5.69 Å². The van der Waals surface area contributed by atoms with Crippen molar-refractivity contribution in [1.82, 2.24) is 24.7 Å². The Bertz CT molecular complexity index is 426. The van der Waals surface area contributed by atoms with Crippen molar-refractivity contribution in [2.75, 3.05) is 11.6 Å². The van der Waals surface area contributed by atoms with Crippen LogP contribution in [-0.2, 0) is 7.05 Å². The number of nitrogen functional groups attached to an aromatic ring is 2. The van der Waals surface area contributed by atoms with Crippen LogP contribution in [0.5, 0.6) is 0 Å². The predicted molar refractivity (Wildman–Crippen MR) is 46.8 cm³/mol. The number of nitrogens with zero attached hydrogens (tertiary/aromatic N) is 5.